The van der Waals surface area contributed by atoms with Gasteiger partial charge in [0.25, 0.3) is 0 Å². The Hall–Kier alpha value is -0.300. The molecule has 1 heteroatoms. The molecule has 1 aliphatic carbocycles. The molecule has 1 rings (SSSR count). The van der Waals surface area contributed by atoms with Gasteiger partial charge in [0.2, 0.25) is 0 Å². The van der Waals surface area contributed by atoms with E-state index in [9.17, 15) is 0 Å². The third-order valence-corrected chi connectivity index (χ3v) is 2.11. The largest absolute Gasteiger partial charge is 0.297 e. The number of rotatable bonds is 3. The smallest absolute Gasteiger partial charge is 0.0247 e. The van der Waals surface area contributed by atoms with E-state index in [1.54, 1.807) is 0 Å². The Balaban J connectivity index is 2.30. The van der Waals surface area contributed by atoms with Crippen LogP contribution in [0.25, 0.3) is 0 Å². The van der Waals surface area contributed by atoms with Gasteiger partial charge >= 0.3 is 0 Å². The Morgan fingerprint density at radius 3 is 2.56 bits per heavy atom. The topological polar surface area (TPSA) is 3.24 Å². The first-order chi connectivity index (χ1) is 4.25. The van der Waals surface area contributed by atoms with E-state index in [4.69, 9.17) is 0 Å². The molecular formula is C8H15N. The standard InChI is InChI=1S/C8H15N/c1-4-7(2)9(3)8-5-6-8/h4,7-8H,1,5-6H2,2-3H3. The van der Waals surface area contributed by atoms with E-state index in [1.165, 1.54) is 12.8 Å². The van der Waals surface area contributed by atoms with Crippen LogP contribution < -0.4 is 0 Å². The van der Waals surface area contributed by atoms with E-state index in [0.29, 0.717) is 6.04 Å². The van der Waals surface area contributed by atoms with E-state index >= 15 is 0 Å². The summed E-state index contributed by atoms with van der Waals surface area (Å²) in [4.78, 5) is 2.38. The van der Waals surface area contributed by atoms with Crippen molar-refractivity contribution >= 4 is 0 Å². The molecular weight excluding hydrogens is 110 g/mol. The Kier molecular flexibility index (Phi) is 1.91. The number of hydrogen-bond donors (Lipinski definition) is 0. The zero-order valence-electron chi connectivity index (χ0n) is 6.30. The van der Waals surface area contributed by atoms with E-state index < -0.39 is 0 Å². The lowest BCUT2D eigenvalue weighted by Crippen LogP contribution is -2.28. The van der Waals surface area contributed by atoms with Gasteiger partial charge in [-0.2, -0.15) is 0 Å². The third-order valence-electron chi connectivity index (χ3n) is 2.11. The predicted molar refractivity (Wildman–Crippen MR) is 40.4 cm³/mol. The van der Waals surface area contributed by atoms with Crippen molar-refractivity contribution < 1.29 is 0 Å². The van der Waals surface area contributed by atoms with Crippen LogP contribution >= 0.6 is 0 Å². The second-order valence-electron chi connectivity index (χ2n) is 2.87. The maximum Gasteiger partial charge on any atom is 0.0247 e. The Morgan fingerprint density at radius 1 is 1.67 bits per heavy atom. The molecule has 0 spiro atoms. The summed E-state index contributed by atoms with van der Waals surface area (Å²) < 4.78 is 0. The fourth-order valence-corrected chi connectivity index (χ4v) is 0.981. The molecule has 1 atom stereocenters. The lowest BCUT2D eigenvalue weighted by atomic mass is 10.3. The summed E-state index contributed by atoms with van der Waals surface area (Å²) in [5.41, 5.74) is 0. The van der Waals surface area contributed by atoms with Crippen LogP contribution in [0, 0.1) is 0 Å². The summed E-state index contributed by atoms with van der Waals surface area (Å²) in [5, 5.41) is 0. The monoisotopic (exact) mass is 125 g/mol. The molecule has 0 aromatic carbocycles. The van der Waals surface area contributed by atoms with Gasteiger partial charge in [0.15, 0.2) is 0 Å². The molecule has 0 aliphatic heterocycles. The maximum atomic E-state index is 3.75. The second kappa shape index (κ2) is 2.53. The fraction of sp³-hybridized carbons (Fsp3) is 0.750. The molecule has 1 nitrogen and oxygen atoms in total. The third kappa shape index (κ3) is 1.55. The molecule has 0 saturated heterocycles. The normalized spacial score (nSPS) is 22.1. The molecule has 9 heavy (non-hydrogen) atoms. The fourth-order valence-electron chi connectivity index (χ4n) is 0.981. The molecule has 1 unspecified atom stereocenters. The van der Waals surface area contributed by atoms with Crippen LogP contribution in [0.4, 0.5) is 0 Å². The van der Waals surface area contributed by atoms with Gasteiger partial charge in [0.05, 0.1) is 0 Å². The van der Waals surface area contributed by atoms with Crippen LogP contribution in [0.3, 0.4) is 0 Å². The molecule has 52 valence electrons. The Morgan fingerprint density at radius 2 is 2.22 bits per heavy atom. The zero-order chi connectivity index (χ0) is 6.85. The minimum atomic E-state index is 0.553. The minimum Gasteiger partial charge on any atom is -0.297 e. The van der Waals surface area contributed by atoms with Gasteiger partial charge in [0, 0.05) is 12.1 Å². The van der Waals surface area contributed by atoms with Crippen LogP contribution in [0.1, 0.15) is 19.8 Å². The van der Waals surface area contributed by atoms with Crippen molar-refractivity contribution in [1.82, 2.24) is 4.90 Å². The van der Waals surface area contributed by atoms with Crippen LogP contribution in [0.15, 0.2) is 12.7 Å². The molecule has 0 heterocycles. The minimum absolute atomic E-state index is 0.553. The van der Waals surface area contributed by atoms with E-state index in [1.807, 2.05) is 6.08 Å². The van der Waals surface area contributed by atoms with Gasteiger partial charge in [-0.05, 0) is 26.8 Å². The second-order valence-corrected chi connectivity index (χ2v) is 2.87. The molecule has 0 amide bonds. The van der Waals surface area contributed by atoms with E-state index in [-0.39, 0.29) is 0 Å². The average Bonchev–Trinajstić information content (AvgIpc) is 2.66. The highest BCUT2D eigenvalue weighted by molar-refractivity contribution is 4.91. The zero-order valence-corrected chi connectivity index (χ0v) is 6.30. The Labute approximate surface area is 57.4 Å². The first kappa shape index (κ1) is 6.81. The SMILES string of the molecule is C=CC(C)N(C)C1CC1. The molecule has 1 aliphatic rings. The van der Waals surface area contributed by atoms with Crippen molar-refractivity contribution in [3.05, 3.63) is 12.7 Å². The van der Waals surface area contributed by atoms with Crippen molar-refractivity contribution in [3.8, 4) is 0 Å². The van der Waals surface area contributed by atoms with E-state index in [2.05, 4.69) is 25.5 Å². The summed E-state index contributed by atoms with van der Waals surface area (Å²) in [6.45, 7) is 5.94. The highest BCUT2D eigenvalue weighted by Gasteiger charge is 2.27. The molecule has 0 N–H and O–H groups in total. The van der Waals surface area contributed by atoms with Crippen molar-refractivity contribution in [2.45, 2.75) is 31.8 Å². The summed E-state index contributed by atoms with van der Waals surface area (Å²) in [7, 11) is 2.17. The van der Waals surface area contributed by atoms with Crippen LogP contribution in [0.5, 0.6) is 0 Å². The lowest BCUT2D eigenvalue weighted by molar-refractivity contribution is 0.287. The maximum absolute atomic E-state index is 3.75. The quantitative estimate of drug-likeness (QED) is 0.518. The molecule has 0 bridgehead atoms. The van der Waals surface area contributed by atoms with Crippen molar-refractivity contribution in [3.63, 3.8) is 0 Å². The van der Waals surface area contributed by atoms with Gasteiger partial charge in [-0.1, -0.05) is 6.08 Å². The highest BCUT2D eigenvalue weighted by atomic mass is 15.2. The first-order valence-corrected chi connectivity index (χ1v) is 3.60. The summed E-state index contributed by atoms with van der Waals surface area (Å²) >= 11 is 0. The number of likely N-dealkylation sites (N-methyl/N-ethyl adjacent to an activating group) is 1. The van der Waals surface area contributed by atoms with Crippen molar-refractivity contribution in [2.24, 2.45) is 0 Å². The summed E-state index contributed by atoms with van der Waals surface area (Å²) in [5.74, 6) is 0. The molecule has 0 aromatic heterocycles. The molecule has 1 saturated carbocycles. The average molecular weight is 125 g/mol. The van der Waals surface area contributed by atoms with E-state index in [0.717, 1.165) is 6.04 Å². The van der Waals surface area contributed by atoms with Crippen LogP contribution in [-0.4, -0.2) is 24.0 Å². The number of hydrogen-bond acceptors (Lipinski definition) is 1. The molecule has 1 fully saturated rings. The van der Waals surface area contributed by atoms with Gasteiger partial charge < -0.3 is 0 Å². The van der Waals surface area contributed by atoms with Crippen LogP contribution in [-0.2, 0) is 0 Å². The molecule has 0 radical (unpaired) electrons. The Bertz CT molecular complexity index is 105. The highest BCUT2D eigenvalue weighted by Crippen LogP contribution is 2.26. The predicted octanol–water partition coefficient (Wildman–Crippen LogP) is 1.66. The van der Waals surface area contributed by atoms with Gasteiger partial charge in [-0.3, -0.25) is 4.90 Å². The van der Waals surface area contributed by atoms with Crippen molar-refractivity contribution in [2.75, 3.05) is 7.05 Å². The van der Waals surface area contributed by atoms with Crippen LogP contribution in [0.2, 0.25) is 0 Å². The summed E-state index contributed by atoms with van der Waals surface area (Å²) in [6, 6.07) is 1.41. The lowest BCUT2D eigenvalue weighted by Gasteiger charge is -2.20. The van der Waals surface area contributed by atoms with Gasteiger partial charge in [-0.25, -0.2) is 0 Å². The van der Waals surface area contributed by atoms with Crippen molar-refractivity contribution in [1.29, 1.82) is 0 Å². The summed E-state index contributed by atoms with van der Waals surface area (Å²) in [6.07, 6.45) is 4.77. The molecule has 0 aromatic rings. The number of nitrogens with zero attached hydrogens (tertiary/aromatic N) is 1. The van der Waals surface area contributed by atoms with Gasteiger partial charge in [-0.15, -0.1) is 6.58 Å². The first-order valence-electron chi connectivity index (χ1n) is 3.60. The van der Waals surface area contributed by atoms with Gasteiger partial charge in [0.1, 0.15) is 0 Å².